The van der Waals surface area contributed by atoms with E-state index in [2.05, 4.69) is 10.6 Å². The van der Waals surface area contributed by atoms with Crippen molar-refractivity contribution in [2.45, 2.75) is 26.8 Å². The maximum Gasteiger partial charge on any atom is 0.296 e. The van der Waals surface area contributed by atoms with Crippen LogP contribution in [-0.2, 0) is 4.79 Å². The molecule has 1 rings (SSSR count). The number of carbonyl (C=O) groups is 1. The first-order valence-corrected chi connectivity index (χ1v) is 6.71. The SMILES string of the molecule is COc1ccc(NC(C)C(=O)NCC(C)C)c([N+](=O)[O-])c1. The van der Waals surface area contributed by atoms with Crippen molar-refractivity contribution in [3.63, 3.8) is 0 Å². The predicted molar refractivity (Wildman–Crippen MR) is 80.6 cm³/mol. The van der Waals surface area contributed by atoms with Crippen LogP contribution in [0.1, 0.15) is 20.8 Å². The molecule has 0 aliphatic carbocycles. The molecule has 0 saturated carbocycles. The van der Waals surface area contributed by atoms with Gasteiger partial charge in [0.15, 0.2) is 0 Å². The highest BCUT2D eigenvalue weighted by Crippen LogP contribution is 2.29. The van der Waals surface area contributed by atoms with Gasteiger partial charge in [-0.2, -0.15) is 0 Å². The number of amides is 1. The van der Waals surface area contributed by atoms with E-state index in [0.29, 0.717) is 18.2 Å². The number of nitro benzene ring substituents is 1. The molecule has 0 radical (unpaired) electrons. The van der Waals surface area contributed by atoms with Gasteiger partial charge in [-0.3, -0.25) is 14.9 Å². The molecule has 1 aromatic carbocycles. The molecule has 1 amide bonds. The minimum absolute atomic E-state index is 0.127. The summed E-state index contributed by atoms with van der Waals surface area (Å²) in [5.41, 5.74) is 0.158. The Morgan fingerprint density at radius 3 is 2.57 bits per heavy atom. The van der Waals surface area contributed by atoms with Gasteiger partial charge >= 0.3 is 0 Å². The lowest BCUT2D eigenvalue weighted by atomic mass is 10.2. The third-order valence-corrected chi connectivity index (χ3v) is 2.85. The summed E-state index contributed by atoms with van der Waals surface area (Å²) in [6, 6.07) is 3.88. The Bertz CT molecular complexity index is 517. The molecule has 7 heteroatoms. The monoisotopic (exact) mass is 295 g/mol. The fraction of sp³-hybridized carbons (Fsp3) is 0.500. The van der Waals surface area contributed by atoms with Crippen molar-refractivity contribution in [1.82, 2.24) is 5.32 Å². The van der Waals surface area contributed by atoms with Gasteiger partial charge in [-0.05, 0) is 25.0 Å². The Labute approximate surface area is 123 Å². The number of nitro groups is 1. The van der Waals surface area contributed by atoms with Crippen molar-refractivity contribution in [3.8, 4) is 5.75 Å². The number of anilines is 1. The number of hydrogen-bond acceptors (Lipinski definition) is 5. The predicted octanol–water partition coefficient (Wildman–Crippen LogP) is 2.18. The minimum Gasteiger partial charge on any atom is -0.496 e. The topological polar surface area (TPSA) is 93.5 Å². The fourth-order valence-corrected chi connectivity index (χ4v) is 1.67. The normalized spacial score (nSPS) is 11.9. The molecule has 0 fully saturated rings. The largest absolute Gasteiger partial charge is 0.496 e. The summed E-state index contributed by atoms with van der Waals surface area (Å²) in [5.74, 6) is 0.537. The summed E-state index contributed by atoms with van der Waals surface area (Å²) in [5, 5.41) is 16.7. The van der Waals surface area contributed by atoms with Gasteiger partial charge in [-0.15, -0.1) is 0 Å². The Kier molecular flexibility index (Phi) is 5.95. The third kappa shape index (κ3) is 4.94. The number of methoxy groups -OCH3 is 1. The highest BCUT2D eigenvalue weighted by molar-refractivity contribution is 5.85. The molecular weight excluding hydrogens is 274 g/mol. The fourth-order valence-electron chi connectivity index (χ4n) is 1.67. The highest BCUT2D eigenvalue weighted by Gasteiger charge is 2.19. The van der Waals surface area contributed by atoms with Gasteiger partial charge in [0.05, 0.1) is 18.1 Å². The first-order valence-electron chi connectivity index (χ1n) is 6.71. The van der Waals surface area contributed by atoms with Crippen LogP contribution < -0.4 is 15.4 Å². The Morgan fingerprint density at radius 2 is 2.05 bits per heavy atom. The number of nitrogens with one attached hydrogen (secondary N) is 2. The summed E-state index contributed by atoms with van der Waals surface area (Å²) in [4.78, 5) is 22.4. The lowest BCUT2D eigenvalue weighted by Crippen LogP contribution is -2.39. The summed E-state index contributed by atoms with van der Waals surface area (Å²) in [6.45, 7) is 6.21. The molecule has 116 valence electrons. The van der Waals surface area contributed by atoms with Crippen molar-refractivity contribution >= 4 is 17.3 Å². The van der Waals surface area contributed by atoms with E-state index in [9.17, 15) is 14.9 Å². The number of rotatable bonds is 7. The zero-order valence-electron chi connectivity index (χ0n) is 12.7. The third-order valence-electron chi connectivity index (χ3n) is 2.85. The van der Waals surface area contributed by atoms with Crippen LogP contribution in [-0.4, -0.2) is 30.5 Å². The van der Waals surface area contributed by atoms with Gasteiger partial charge in [0.1, 0.15) is 17.5 Å². The lowest BCUT2D eigenvalue weighted by Gasteiger charge is -2.16. The maximum atomic E-state index is 11.9. The zero-order valence-corrected chi connectivity index (χ0v) is 12.7. The molecule has 21 heavy (non-hydrogen) atoms. The van der Waals surface area contributed by atoms with Crippen LogP contribution in [0.5, 0.6) is 5.75 Å². The summed E-state index contributed by atoms with van der Waals surface area (Å²) < 4.78 is 4.97. The number of benzene rings is 1. The molecule has 0 aromatic heterocycles. The molecule has 0 heterocycles. The Morgan fingerprint density at radius 1 is 1.38 bits per heavy atom. The highest BCUT2D eigenvalue weighted by atomic mass is 16.6. The molecule has 2 N–H and O–H groups in total. The molecule has 1 aromatic rings. The van der Waals surface area contributed by atoms with Crippen molar-refractivity contribution in [3.05, 3.63) is 28.3 Å². The molecule has 1 atom stereocenters. The molecule has 0 bridgehead atoms. The second-order valence-electron chi connectivity index (χ2n) is 5.15. The van der Waals surface area contributed by atoms with Crippen molar-refractivity contribution < 1.29 is 14.5 Å². The number of hydrogen-bond donors (Lipinski definition) is 2. The second-order valence-corrected chi connectivity index (χ2v) is 5.15. The summed E-state index contributed by atoms with van der Waals surface area (Å²) >= 11 is 0. The van der Waals surface area contributed by atoms with Gasteiger partial charge in [0.2, 0.25) is 5.91 Å². The smallest absolute Gasteiger partial charge is 0.296 e. The van der Waals surface area contributed by atoms with Gasteiger partial charge in [0, 0.05) is 6.54 Å². The van der Waals surface area contributed by atoms with Gasteiger partial charge in [-0.25, -0.2) is 0 Å². The number of ether oxygens (including phenoxy) is 1. The van der Waals surface area contributed by atoms with Crippen LogP contribution in [0.4, 0.5) is 11.4 Å². The average Bonchev–Trinajstić information content (AvgIpc) is 2.44. The number of carbonyl (C=O) groups excluding carboxylic acids is 1. The van der Waals surface area contributed by atoms with Crippen LogP contribution in [0.25, 0.3) is 0 Å². The van der Waals surface area contributed by atoms with Crippen molar-refractivity contribution in [2.24, 2.45) is 5.92 Å². The lowest BCUT2D eigenvalue weighted by molar-refractivity contribution is -0.384. The molecule has 7 nitrogen and oxygen atoms in total. The Balaban J connectivity index is 2.82. The standard InChI is InChI=1S/C14H21N3O4/c1-9(2)8-15-14(18)10(3)16-12-6-5-11(21-4)7-13(12)17(19)20/h5-7,9-10,16H,8H2,1-4H3,(H,15,18). The molecule has 0 saturated heterocycles. The van der Waals surface area contributed by atoms with E-state index in [1.54, 1.807) is 13.0 Å². The molecule has 0 aliphatic rings. The van der Waals surface area contributed by atoms with Gasteiger partial charge in [0.25, 0.3) is 5.69 Å². The molecule has 0 aliphatic heterocycles. The van der Waals surface area contributed by atoms with Crippen LogP contribution in [0.2, 0.25) is 0 Å². The zero-order chi connectivity index (χ0) is 16.0. The summed E-state index contributed by atoms with van der Waals surface area (Å²) in [6.07, 6.45) is 0. The molecule has 0 spiro atoms. The van der Waals surface area contributed by atoms with Crippen LogP contribution in [0.15, 0.2) is 18.2 Å². The van der Waals surface area contributed by atoms with Crippen LogP contribution in [0, 0.1) is 16.0 Å². The van der Waals surface area contributed by atoms with E-state index in [1.165, 1.54) is 19.2 Å². The van der Waals surface area contributed by atoms with Crippen molar-refractivity contribution in [2.75, 3.05) is 19.0 Å². The average molecular weight is 295 g/mol. The van der Waals surface area contributed by atoms with E-state index in [1.807, 2.05) is 13.8 Å². The van der Waals surface area contributed by atoms with E-state index in [-0.39, 0.29) is 17.3 Å². The quantitative estimate of drug-likeness (QED) is 0.594. The first kappa shape index (κ1) is 16.7. The van der Waals surface area contributed by atoms with Crippen molar-refractivity contribution in [1.29, 1.82) is 0 Å². The van der Waals surface area contributed by atoms with E-state index >= 15 is 0 Å². The first-order chi connectivity index (χ1) is 9.85. The van der Waals surface area contributed by atoms with E-state index in [0.717, 1.165) is 0 Å². The number of nitrogens with zero attached hydrogens (tertiary/aromatic N) is 1. The maximum absolute atomic E-state index is 11.9. The molecular formula is C14H21N3O4. The van der Waals surface area contributed by atoms with Crippen LogP contribution in [0.3, 0.4) is 0 Å². The Hall–Kier alpha value is -2.31. The van der Waals surface area contributed by atoms with Gasteiger partial charge < -0.3 is 15.4 Å². The minimum atomic E-state index is -0.573. The second kappa shape index (κ2) is 7.47. The van der Waals surface area contributed by atoms with Gasteiger partial charge in [-0.1, -0.05) is 13.8 Å². The van der Waals surface area contributed by atoms with E-state index < -0.39 is 11.0 Å². The van der Waals surface area contributed by atoms with E-state index in [4.69, 9.17) is 4.74 Å². The molecule has 1 unspecified atom stereocenters. The summed E-state index contributed by atoms with van der Waals surface area (Å²) in [7, 11) is 1.44. The van der Waals surface area contributed by atoms with Crippen LogP contribution >= 0.6 is 0 Å².